The Morgan fingerprint density at radius 2 is 1.79 bits per heavy atom. The van der Waals surface area contributed by atoms with Gasteiger partial charge in [0.1, 0.15) is 0 Å². The fourth-order valence-corrected chi connectivity index (χ4v) is 0.936. The molecule has 0 radical (unpaired) electrons. The number of anilines is 2. The van der Waals surface area contributed by atoms with Gasteiger partial charge < -0.3 is 16.8 Å². The second-order valence-corrected chi connectivity index (χ2v) is 3.46. The SMILES string of the molecule is CC(C)Nc1nc(N)nc([C@@H](C)N)n1. The van der Waals surface area contributed by atoms with Gasteiger partial charge in [-0.25, -0.2) is 0 Å². The van der Waals surface area contributed by atoms with E-state index in [4.69, 9.17) is 11.5 Å². The molecule has 0 aliphatic heterocycles. The average molecular weight is 196 g/mol. The van der Waals surface area contributed by atoms with Crippen molar-refractivity contribution in [2.75, 3.05) is 11.1 Å². The highest BCUT2D eigenvalue weighted by atomic mass is 15.2. The Balaban J connectivity index is 2.95. The van der Waals surface area contributed by atoms with E-state index in [9.17, 15) is 0 Å². The summed E-state index contributed by atoms with van der Waals surface area (Å²) >= 11 is 0. The first kappa shape index (κ1) is 10.6. The van der Waals surface area contributed by atoms with E-state index in [1.165, 1.54) is 0 Å². The average Bonchev–Trinajstić information content (AvgIpc) is 2.01. The van der Waals surface area contributed by atoms with Gasteiger partial charge >= 0.3 is 0 Å². The molecule has 14 heavy (non-hydrogen) atoms. The van der Waals surface area contributed by atoms with Gasteiger partial charge in [0, 0.05) is 6.04 Å². The summed E-state index contributed by atoms with van der Waals surface area (Å²) < 4.78 is 0. The minimum absolute atomic E-state index is 0.190. The molecule has 0 aliphatic carbocycles. The monoisotopic (exact) mass is 196 g/mol. The van der Waals surface area contributed by atoms with Crippen LogP contribution in [0, 0.1) is 0 Å². The molecule has 1 aromatic heterocycles. The lowest BCUT2D eigenvalue weighted by Gasteiger charge is -2.10. The summed E-state index contributed by atoms with van der Waals surface area (Å²) in [6.45, 7) is 5.78. The smallest absolute Gasteiger partial charge is 0.227 e. The fraction of sp³-hybridized carbons (Fsp3) is 0.625. The molecule has 6 nitrogen and oxygen atoms in total. The van der Waals surface area contributed by atoms with E-state index in [2.05, 4.69) is 20.3 Å². The zero-order chi connectivity index (χ0) is 10.7. The molecule has 0 bridgehead atoms. The van der Waals surface area contributed by atoms with Gasteiger partial charge in [-0.05, 0) is 20.8 Å². The van der Waals surface area contributed by atoms with E-state index < -0.39 is 0 Å². The lowest BCUT2D eigenvalue weighted by atomic mass is 10.3. The number of hydrogen-bond acceptors (Lipinski definition) is 6. The van der Waals surface area contributed by atoms with Crippen molar-refractivity contribution in [2.45, 2.75) is 32.9 Å². The van der Waals surface area contributed by atoms with E-state index in [-0.39, 0.29) is 18.0 Å². The number of nitrogens with zero attached hydrogens (tertiary/aromatic N) is 3. The maximum Gasteiger partial charge on any atom is 0.227 e. The first-order chi connectivity index (χ1) is 6.49. The standard InChI is InChI=1S/C8H16N6/c1-4(2)11-8-13-6(5(3)9)12-7(10)14-8/h4-5H,9H2,1-3H3,(H3,10,11,12,13,14)/t5-/m1/s1. The Labute approximate surface area is 83.1 Å². The molecule has 0 spiro atoms. The molecule has 1 rings (SSSR count). The molecule has 78 valence electrons. The summed E-state index contributed by atoms with van der Waals surface area (Å²) in [6.07, 6.45) is 0. The zero-order valence-electron chi connectivity index (χ0n) is 8.65. The summed E-state index contributed by atoms with van der Waals surface area (Å²) in [7, 11) is 0. The number of nitrogens with two attached hydrogens (primary N) is 2. The molecule has 0 amide bonds. The number of rotatable bonds is 3. The topological polar surface area (TPSA) is 103 Å². The molecule has 0 unspecified atom stereocenters. The Morgan fingerprint density at radius 1 is 1.14 bits per heavy atom. The summed E-state index contributed by atoms with van der Waals surface area (Å²) in [5.74, 6) is 1.16. The molecule has 0 aliphatic rings. The largest absolute Gasteiger partial charge is 0.368 e. The molecule has 0 fully saturated rings. The van der Waals surface area contributed by atoms with Crippen molar-refractivity contribution < 1.29 is 0 Å². The number of nitrogens with one attached hydrogen (secondary N) is 1. The lowest BCUT2D eigenvalue weighted by Crippen LogP contribution is -2.18. The molecule has 0 saturated heterocycles. The van der Waals surface area contributed by atoms with E-state index in [1.807, 2.05) is 13.8 Å². The highest BCUT2D eigenvalue weighted by Gasteiger charge is 2.08. The number of aromatic nitrogens is 3. The van der Waals surface area contributed by atoms with E-state index in [1.54, 1.807) is 6.92 Å². The third-order valence-electron chi connectivity index (χ3n) is 1.50. The molecule has 1 heterocycles. The predicted molar refractivity (Wildman–Crippen MR) is 55.6 cm³/mol. The van der Waals surface area contributed by atoms with E-state index in [0.717, 1.165) is 0 Å². The third kappa shape index (κ3) is 2.81. The van der Waals surface area contributed by atoms with Gasteiger partial charge in [-0.1, -0.05) is 0 Å². The second-order valence-electron chi connectivity index (χ2n) is 3.46. The van der Waals surface area contributed by atoms with E-state index >= 15 is 0 Å². The van der Waals surface area contributed by atoms with Crippen LogP contribution in [-0.4, -0.2) is 21.0 Å². The Kier molecular flexibility index (Phi) is 3.19. The Hall–Kier alpha value is -1.43. The Morgan fingerprint density at radius 3 is 2.29 bits per heavy atom. The molecular formula is C8H16N6. The molecule has 0 saturated carbocycles. The first-order valence-electron chi connectivity index (χ1n) is 4.52. The van der Waals surface area contributed by atoms with Crippen LogP contribution in [-0.2, 0) is 0 Å². The van der Waals surface area contributed by atoms with Crippen LogP contribution in [0.1, 0.15) is 32.6 Å². The molecular weight excluding hydrogens is 180 g/mol. The maximum absolute atomic E-state index is 5.65. The van der Waals surface area contributed by atoms with Crippen LogP contribution in [0.4, 0.5) is 11.9 Å². The van der Waals surface area contributed by atoms with Crippen LogP contribution in [0.5, 0.6) is 0 Å². The second kappa shape index (κ2) is 4.19. The van der Waals surface area contributed by atoms with Gasteiger partial charge in [0.05, 0.1) is 6.04 Å². The summed E-state index contributed by atoms with van der Waals surface area (Å²) in [4.78, 5) is 12.0. The normalized spacial score (nSPS) is 12.9. The minimum atomic E-state index is -0.243. The summed E-state index contributed by atoms with van der Waals surface area (Å²) in [5, 5.41) is 3.04. The molecule has 1 aromatic rings. The number of nitrogen functional groups attached to an aromatic ring is 1. The first-order valence-corrected chi connectivity index (χ1v) is 4.52. The van der Waals surface area contributed by atoms with Crippen LogP contribution in [0.3, 0.4) is 0 Å². The van der Waals surface area contributed by atoms with Gasteiger partial charge in [0.15, 0.2) is 5.82 Å². The van der Waals surface area contributed by atoms with Gasteiger partial charge in [0.25, 0.3) is 0 Å². The zero-order valence-corrected chi connectivity index (χ0v) is 8.65. The van der Waals surface area contributed by atoms with Gasteiger partial charge in [-0.3, -0.25) is 0 Å². The fourth-order valence-electron chi connectivity index (χ4n) is 0.936. The minimum Gasteiger partial charge on any atom is -0.368 e. The van der Waals surface area contributed by atoms with Crippen molar-refractivity contribution in [3.8, 4) is 0 Å². The predicted octanol–water partition coefficient (Wildman–Crippen LogP) is 0.294. The van der Waals surface area contributed by atoms with Crippen molar-refractivity contribution in [2.24, 2.45) is 5.73 Å². The van der Waals surface area contributed by atoms with Crippen LogP contribution >= 0.6 is 0 Å². The van der Waals surface area contributed by atoms with Crippen molar-refractivity contribution in [3.05, 3.63) is 5.82 Å². The van der Waals surface area contributed by atoms with E-state index in [0.29, 0.717) is 11.8 Å². The molecule has 5 N–H and O–H groups in total. The van der Waals surface area contributed by atoms with Crippen LogP contribution < -0.4 is 16.8 Å². The molecule has 0 aromatic carbocycles. The van der Waals surface area contributed by atoms with Crippen LogP contribution in [0.15, 0.2) is 0 Å². The van der Waals surface area contributed by atoms with Crippen molar-refractivity contribution >= 4 is 11.9 Å². The van der Waals surface area contributed by atoms with Crippen molar-refractivity contribution in [1.29, 1.82) is 0 Å². The number of hydrogen-bond donors (Lipinski definition) is 3. The molecule has 6 heteroatoms. The van der Waals surface area contributed by atoms with Crippen molar-refractivity contribution in [1.82, 2.24) is 15.0 Å². The van der Waals surface area contributed by atoms with Crippen LogP contribution in [0.2, 0.25) is 0 Å². The summed E-state index contributed by atoms with van der Waals surface area (Å²) in [5.41, 5.74) is 11.2. The lowest BCUT2D eigenvalue weighted by molar-refractivity contribution is 0.728. The third-order valence-corrected chi connectivity index (χ3v) is 1.50. The molecule has 1 atom stereocenters. The van der Waals surface area contributed by atoms with Crippen LogP contribution in [0.25, 0.3) is 0 Å². The Bertz CT molecular complexity index is 309. The highest BCUT2D eigenvalue weighted by Crippen LogP contribution is 2.08. The van der Waals surface area contributed by atoms with Gasteiger partial charge in [0.2, 0.25) is 11.9 Å². The summed E-state index contributed by atoms with van der Waals surface area (Å²) in [6, 6.07) is 0.00532. The van der Waals surface area contributed by atoms with Gasteiger partial charge in [-0.15, -0.1) is 0 Å². The van der Waals surface area contributed by atoms with Gasteiger partial charge in [-0.2, -0.15) is 15.0 Å². The maximum atomic E-state index is 5.65. The quantitative estimate of drug-likeness (QED) is 0.642. The highest BCUT2D eigenvalue weighted by molar-refractivity contribution is 5.32. The van der Waals surface area contributed by atoms with Crippen molar-refractivity contribution in [3.63, 3.8) is 0 Å².